The van der Waals surface area contributed by atoms with E-state index < -0.39 is 0 Å². The number of rotatable bonds is 4. The fourth-order valence-corrected chi connectivity index (χ4v) is 3.12. The molecule has 3 rings (SSSR count). The van der Waals surface area contributed by atoms with Crippen molar-refractivity contribution in [2.45, 2.75) is 51.3 Å². The second-order valence-electron chi connectivity index (χ2n) is 6.26. The molecule has 1 fully saturated rings. The van der Waals surface area contributed by atoms with E-state index in [-0.39, 0.29) is 6.10 Å². The number of benzene rings is 1. The van der Waals surface area contributed by atoms with Crippen LogP contribution in [0.25, 0.3) is 11.1 Å². The van der Waals surface area contributed by atoms with Crippen molar-refractivity contribution in [2.24, 2.45) is 0 Å². The van der Waals surface area contributed by atoms with Gasteiger partial charge in [-0.2, -0.15) is 0 Å². The molecule has 0 atom stereocenters. The Morgan fingerprint density at radius 2 is 1.77 bits per heavy atom. The van der Waals surface area contributed by atoms with E-state index in [1.54, 1.807) is 0 Å². The lowest BCUT2D eigenvalue weighted by Crippen LogP contribution is -2.34. The summed E-state index contributed by atoms with van der Waals surface area (Å²) >= 11 is 0. The Hall–Kier alpha value is -1.71. The SMILES string of the molecule is Cc1ccc(-c2ccncc2)cc1CN[C@H]1CC[C@H](O)CC1. The zero-order chi connectivity index (χ0) is 15.4. The maximum absolute atomic E-state index is 9.59. The average molecular weight is 296 g/mol. The van der Waals surface area contributed by atoms with E-state index in [2.05, 4.69) is 35.4 Å². The Kier molecular flexibility index (Phi) is 4.86. The van der Waals surface area contributed by atoms with Gasteiger partial charge in [-0.05, 0) is 73.1 Å². The van der Waals surface area contributed by atoms with E-state index >= 15 is 0 Å². The number of hydrogen-bond donors (Lipinski definition) is 2. The first kappa shape index (κ1) is 15.2. The molecule has 0 amide bonds. The van der Waals surface area contributed by atoms with Gasteiger partial charge in [0.25, 0.3) is 0 Å². The van der Waals surface area contributed by atoms with Gasteiger partial charge in [0.15, 0.2) is 0 Å². The number of aliphatic hydroxyl groups is 1. The summed E-state index contributed by atoms with van der Waals surface area (Å²) in [6.07, 6.45) is 7.58. The molecule has 0 aliphatic heterocycles. The van der Waals surface area contributed by atoms with Gasteiger partial charge in [-0.1, -0.05) is 12.1 Å². The Labute approximate surface area is 132 Å². The zero-order valence-electron chi connectivity index (χ0n) is 13.1. The monoisotopic (exact) mass is 296 g/mol. The molecule has 22 heavy (non-hydrogen) atoms. The number of hydrogen-bond acceptors (Lipinski definition) is 3. The number of aryl methyl sites for hydroxylation is 1. The molecule has 3 heteroatoms. The molecule has 1 aliphatic rings. The highest BCUT2D eigenvalue weighted by atomic mass is 16.3. The first-order valence-electron chi connectivity index (χ1n) is 8.14. The van der Waals surface area contributed by atoms with Gasteiger partial charge in [0, 0.05) is 25.0 Å². The van der Waals surface area contributed by atoms with Crippen LogP contribution in [0.4, 0.5) is 0 Å². The normalized spacial score (nSPS) is 21.7. The summed E-state index contributed by atoms with van der Waals surface area (Å²) in [6.45, 7) is 3.06. The van der Waals surface area contributed by atoms with Crippen LogP contribution in [-0.2, 0) is 6.54 Å². The van der Waals surface area contributed by atoms with E-state index in [9.17, 15) is 5.11 Å². The minimum atomic E-state index is -0.0881. The van der Waals surface area contributed by atoms with Gasteiger partial charge in [0.05, 0.1) is 6.10 Å². The van der Waals surface area contributed by atoms with Crippen molar-refractivity contribution in [3.8, 4) is 11.1 Å². The molecule has 2 N–H and O–H groups in total. The van der Waals surface area contributed by atoms with Crippen molar-refractivity contribution in [3.05, 3.63) is 53.9 Å². The highest BCUT2D eigenvalue weighted by Crippen LogP contribution is 2.23. The summed E-state index contributed by atoms with van der Waals surface area (Å²) < 4.78 is 0. The fraction of sp³-hybridized carbons (Fsp3) is 0.421. The van der Waals surface area contributed by atoms with E-state index in [0.29, 0.717) is 6.04 Å². The van der Waals surface area contributed by atoms with E-state index in [0.717, 1.165) is 32.2 Å². The Bertz CT molecular complexity index is 604. The third-order valence-corrected chi connectivity index (χ3v) is 4.64. The van der Waals surface area contributed by atoms with Gasteiger partial charge in [-0.25, -0.2) is 0 Å². The maximum Gasteiger partial charge on any atom is 0.0541 e. The van der Waals surface area contributed by atoms with Crippen molar-refractivity contribution in [2.75, 3.05) is 0 Å². The molecule has 1 heterocycles. The predicted octanol–water partition coefficient (Wildman–Crippen LogP) is 3.45. The molecule has 2 aromatic rings. The topological polar surface area (TPSA) is 45.2 Å². The molecule has 0 bridgehead atoms. The third kappa shape index (κ3) is 3.73. The number of nitrogens with zero attached hydrogens (tertiary/aromatic N) is 1. The van der Waals surface area contributed by atoms with Crippen LogP contribution in [0.15, 0.2) is 42.7 Å². The van der Waals surface area contributed by atoms with Crippen molar-refractivity contribution in [1.82, 2.24) is 10.3 Å². The molecular formula is C19H24N2O. The summed E-state index contributed by atoms with van der Waals surface area (Å²) in [4.78, 5) is 4.08. The van der Waals surface area contributed by atoms with Gasteiger partial charge >= 0.3 is 0 Å². The molecule has 0 saturated heterocycles. The molecule has 3 nitrogen and oxygen atoms in total. The van der Waals surface area contributed by atoms with Crippen LogP contribution in [0.1, 0.15) is 36.8 Å². The Morgan fingerprint density at radius 1 is 1.05 bits per heavy atom. The third-order valence-electron chi connectivity index (χ3n) is 4.64. The van der Waals surface area contributed by atoms with Gasteiger partial charge < -0.3 is 10.4 Å². The van der Waals surface area contributed by atoms with Gasteiger partial charge in [-0.3, -0.25) is 4.98 Å². The minimum absolute atomic E-state index is 0.0881. The number of nitrogens with one attached hydrogen (secondary N) is 1. The van der Waals surface area contributed by atoms with Crippen LogP contribution in [0.3, 0.4) is 0 Å². The summed E-state index contributed by atoms with van der Waals surface area (Å²) in [5, 5.41) is 13.2. The lowest BCUT2D eigenvalue weighted by atomic mass is 9.92. The van der Waals surface area contributed by atoms with Crippen molar-refractivity contribution < 1.29 is 5.11 Å². The fourth-order valence-electron chi connectivity index (χ4n) is 3.12. The lowest BCUT2D eigenvalue weighted by molar-refractivity contribution is 0.116. The molecule has 0 unspecified atom stereocenters. The molecule has 0 spiro atoms. The van der Waals surface area contributed by atoms with Gasteiger partial charge in [0.2, 0.25) is 0 Å². The molecule has 1 saturated carbocycles. The summed E-state index contributed by atoms with van der Waals surface area (Å²) in [5.74, 6) is 0. The molecule has 0 radical (unpaired) electrons. The van der Waals surface area contributed by atoms with E-state index in [1.807, 2.05) is 24.5 Å². The van der Waals surface area contributed by atoms with Crippen molar-refractivity contribution >= 4 is 0 Å². The Morgan fingerprint density at radius 3 is 2.50 bits per heavy atom. The second-order valence-corrected chi connectivity index (χ2v) is 6.26. The zero-order valence-corrected chi connectivity index (χ0v) is 13.1. The number of aliphatic hydroxyl groups excluding tert-OH is 1. The smallest absolute Gasteiger partial charge is 0.0541 e. The van der Waals surface area contributed by atoms with Crippen LogP contribution in [0.5, 0.6) is 0 Å². The van der Waals surface area contributed by atoms with Gasteiger partial charge in [0.1, 0.15) is 0 Å². The highest BCUT2D eigenvalue weighted by Gasteiger charge is 2.18. The first-order chi connectivity index (χ1) is 10.7. The van der Waals surface area contributed by atoms with Gasteiger partial charge in [-0.15, -0.1) is 0 Å². The standard InChI is InChI=1S/C19H24N2O/c1-14-2-3-16(15-8-10-20-11-9-15)12-17(14)13-21-18-4-6-19(22)7-5-18/h2-3,8-12,18-19,21-22H,4-7,13H2,1H3/t18-,19-. The van der Waals surface area contributed by atoms with Crippen LogP contribution in [0, 0.1) is 6.92 Å². The predicted molar refractivity (Wildman–Crippen MR) is 89.5 cm³/mol. The lowest BCUT2D eigenvalue weighted by Gasteiger charge is -2.26. The first-order valence-corrected chi connectivity index (χ1v) is 8.14. The Balaban J connectivity index is 1.68. The largest absolute Gasteiger partial charge is 0.393 e. The molecule has 116 valence electrons. The molecule has 1 aromatic carbocycles. The average Bonchev–Trinajstić information content (AvgIpc) is 2.56. The van der Waals surface area contributed by atoms with Crippen LogP contribution < -0.4 is 5.32 Å². The minimum Gasteiger partial charge on any atom is -0.393 e. The van der Waals surface area contributed by atoms with Crippen LogP contribution in [-0.4, -0.2) is 22.2 Å². The van der Waals surface area contributed by atoms with E-state index in [4.69, 9.17) is 0 Å². The summed E-state index contributed by atoms with van der Waals surface area (Å²) in [5.41, 5.74) is 5.11. The second kappa shape index (κ2) is 7.03. The van der Waals surface area contributed by atoms with Crippen LogP contribution in [0.2, 0.25) is 0 Å². The summed E-state index contributed by atoms with van der Waals surface area (Å²) in [7, 11) is 0. The number of aromatic nitrogens is 1. The van der Waals surface area contributed by atoms with Crippen LogP contribution >= 0.6 is 0 Å². The molecule has 1 aliphatic carbocycles. The van der Waals surface area contributed by atoms with E-state index in [1.165, 1.54) is 22.3 Å². The molecule has 1 aromatic heterocycles. The maximum atomic E-state index is 9.59. The van der Waals surface area contributed by atoms with Crippen molar-refractivity contribution in [1.29, 1.82) is 0 Å². The quantitative estimate of drug-likeness (QED) is 0.908. The number of pyridine rings is 1. The van der Waals surface area contributed by atoms with Crippen molar-refractivity contribution in [3.63, 3.8) is 0 Å². The molecular weight excluding hydrogens is 272 g/mol. The highest BCUT2D eigenvalue weighted by molar-refractivity contribution is 5.64. The summed E-state index contributed by atoms with van der Waals surface area (Å²) in [6, 6.07) is 11.3.